The van der Waals surface area contributed by atoms with Crippen molar-refractivity contribution in [3.63, 3.8) is 0 Å². The molecule has 1 heterocycles. The van der Waals surface area contributed by atoms with E-state index in [1.807, 2.05) is 19.9 Å². The third kappa shape index (κ3) is 3.73. The van der Waals surface area contributed by atoms with Crippen molar-refractivity contribution in [1.29, 1.82) is 0 Å². The average Bonchev–Trinajstić information content (AvgIpc) is 2.43. The fraction of sp³-hybridized carbons (Fsp3) is 0.333. The minimum Gasteiger partial charge on any atom is -0.354 e. The number of nitrogens with one attached hydrogen (secondary N) is 2. The molecule has 0 amide bonds. The van der Waals surface area contributed by atoms with Gasteiger partial charge in [-0.25, -0.2) is 13.4 Å². The molecule has 0 spiro atoms. The van der Waals surface area contributed by atoms with Crippen LogP contribution >= 0.6 is 0 Å². The van der Waals surface area contributed by atoms with Crippen molar-refractivity contribution in [2.45, 2.75) is 25.7 Å². The van der Waals surface area contributed by atoms with Gasteiger partial charge in [-0.3, -0.25) is 0 Å². The lowest BCUT2D eigenvalue weighted by molar-refractivity contribution is 0.601. The van der Waals surface area contributed by atoms with Crippen LogP contribution in [0.15, 0.2) is 29.3 Å². The first-order valence-corrected chi connectivity index (χ1v) is 8.85. The molecule has 2 aromatic rings. The molecule has 0 unspecified atom stereocenters. The molecule has 0 aliphatic rings. The number of anilines is 3. The molecule has 0 aliphatic carbocycles. The van der Waals surface area contributed by atoms with Crippen molar-refractivity contribution in [3.05, 3.63) is 35.5 Å². The Balaban J connectivity index is 2.37. The molecule has 6 nitrogen and oxygen atoms in total. The topological polar surface area (TPSA) is 84.0 Å². The highest BCUT2D eigenvalue weighted by molar-refractivity contribution is 7.90. The van der Waals surface area contributed by atoms with Gasteiger partial charge in [-0.05, 0) is 38.5 Å². The Kier molecular flexibility index (Phi) is 4.65. The van der Waals surface area contributed by atoms with Crippen LogP contribution in [0.5, 0.6) is 0 Å². The molecule has 0 saturated carbocycles. The first-order valence-electron chi connectivity index (χ1n) is 6.96. The molecular weight excluding hydrogens is 300 g/mol. The maximum Gasteiger partial charge on any atom is 0.224 e. The van der Waals surface area contributed by atoms with E-state index in [9.17, 15) is 8.42 Å². The minimum atomic E-state index is -3.26. The normalized spacial score (nSPS) is 11.3. The molecule has 2 N–H and O–H groups in total. The van der Waals surface area contributed by atoms with Gasteiger partial charge < -0.3 is 10.6 Å². The molecule has 22 heavy (non-hydrogen) atoms. The monoisotopic (exact) mass is 320 g/mol. The summed E-state index contributed by atoms with van der Waals surface area (Å²) in [6.07, 6.45) is 2.93. The van der Waals surface area contributed by atoms with Gasteiger partial charge >= 0.3 is 0 Å². The molecule has 1 aromatic heterocycles. The van der Waals surface area contributed by atoms with Crippen LogP contribution < -0.4 is 10.6 Å². The SMILES string of the molecule is CCNc1ncc(C)c(Nc2ccc(C)c(S(C)(=O)=O)c2)n1. The fourth-order valence-electron chi connectivity index (χ4n) is 2.03. The van der Waals surface area contributed by atoms with Crippen LogP contribution in [0.3, 0.4) is 0 Å². The highest BCUT2D eigenvalue weighted by atomic mass is 32.2. The van der Waals surface area contributed by atoms with E-state index in [1.54, 1.807) is 25.3 Å². The molecule has 7 heteroatoms. The predicted octanol–water partition coefficient (Wildman–Crippen LogP) is 2.67. The molecule has 0 saturated heterocycles. The van der Waals surface area contributed by atoms with E-state index in [4.69, 9.17) is 0 Å². The summed E-state index contributed by atoms with van der Waals surface area (Å²) in [7, 11) is -3.26. The molecule has 0 aliphatic heterocycles. The average molecular weight is 320 g/mol. The quantitative estimate of drug-likeness (QED) is 0.881. The third-order valence-electron chi connectivity index (χ3n) is 3.16. The summed E-state index contributed by atoms with van der Waals surface area (Å²) in [4.78, 5) is 8.89. The first kappa shape index (κ1) is 16.2. The van der Waals surface area contributed by atoms with Gasteiger partial charge in [0.05, 0.1) is 4.90 Å². The first-order chi connectivity index (χ1) is 10.3. The predicted molar refractivity (Wildman–Crippen MR) is 88.5 cm³/mol. The fourth-order valence-corrected chi connectivity index (χ4v) is 3.02. The highest BCUT2D eigenvalue weighted by Gasteiger charge is 2.12. The zero-order chi connectivity index (χ0) is 16.3. The van der Waals surface area contributed by atoms with Crippen molar-refractivity contribution < 1.29 is 8.42 Å². The molecule has 0 atom stereocenters. The van der Waals surface area contributed by atoms with E-state index in [0.29, 0.717) is 22.3 Å². The number of sulfone groups is 1. The van der Waals surface area contributed by atoms with Crippen molar-refractivity contribution in [2.75, 3.05) is 23.4 Å². The third-order valence-corrected chi connectivity index (χ3v) is 4.40. The molecule has 2 rings (SSSR count). The molecule has 1 aromatic carbocycles. The van der Waals surface area contributed by atoms with E-state index < -0.39 is 9.84 Å². The number of aromatic nitrogens is 2. The van der Waals surface area contributed by atoms with Crippen molar-refractivity contribution in [3.8, 4) is 0 Å². The number of nitrogens with zero attached hydrogens (tertiary/aromatic N) is 2. The van der Waals surface area contributed by atoms with Gasteiger partial charge in [0.25, 0.3) is 0 Å². The van der Waals surface area contributed by atoms with Gasteiger partial charge in [-0.1, -0.05) is 6.07 Å². The van der Waals surface area contributed by atoms with Crippen LogP contribution in [-0.4, -0.2) is 31.2 Å². The zero-order valence-electron chi connectivity index (χ0n) is 13.1. The zero-order valence-corrected chi connectivity index (χ0v) is 14.0. The maximum atomic E-state index is 11.8. The molecular formula is C15H20N4O2S. The Morgan fingerprint density at radius 2 is 1.91 bits per heavy atom. The van der Waals surface area contributed by atoms with E-state index in [1.165, 1.54) is 6.26 Å². The molecule has 118 valence electrons. The number of benzene rings is 1. The summed E-state index contributed by atoms with van der Waals surface area (Å²) in [5, 5.41) is 6.20. The van der Waals surface area contributed by atoms with E-state index in [2.05, 4.69) is 20.6 Å². The molecule has 0 bridgehead atoms. The van der Waals surface area contributed by atoms with Crippen LogP contribution in [0, 0.1) is 13.8 Å². The standard InChI is InChI=1S/C15H20N4O2S/c1-5-16-15-17-9-11(3)14(19-15)18-12-7-6-10(2)13(8-12)22(4,20)21/h6-9H,5H2,1-4H3,(H2,16,17,18,19). The van der Waals surface area contributed by atoms with Gasteiger partial charge in [0, 0.05) is 30.2 Å². The van der Waals surface area contributed by atoms with Crippen LogP contribution in [0.4, 0.5) is 17.5 Å². The van der Waals surface area contributed by atoms with Gasteiger partial charge in [0.15, 0.2) is 9.84 Å². The smallest absolute Gasteiger partial charge is 0.224 e. The number of rotatable bonds is 5. The largest absolute Gasteiger partial charge is 0.354 e. The number of hydrogen-bond donors (Lipinski definition) is 2. The van der Waals surface area contributed by atoms with Crippen molar-refractivity contribution >= 4 is 27.3 Å². The summed E-state index contributed by atoms with van der Waals surface area (Å²) >= 11 is 0. The summed E-state index contributed by atoms with van der Waals surface area (Å²) < 4.78 is 23.6. The Morgan fingerprint density at radius 3 is 2.55 bits per heavy atom. The van der Waals surface area contributed by atoms with Crippen molar-refractivity contribution in [2.24, 2.45) is 0 Å². The van der Waals surface area contributed by atoms with E-state index >= 15 is 0 Å². The Morgan fingerprint density at radius 1 is 1.18 bits per heavy atom. The Bertz CT molecular complexity index is 788. The van der Waals surface area contributed by atoms with Gasteiger partial charge in [0.1, 0.15) is 5.82 Å². The van der Waals surface area contributed by atoms with Gasteiger partial charge in [-0.15, -0.1) is 0 Å². The van der Waals surface area contributed by atoms with Crippen molar-refractivity contribution in [1.82, 2.24) is 9.97 Å². The van der Waals surface area contributed by atoms with Crippen LogP contribution in [0.2, 0.25) is 0 Å². The minimum absolute atomic E-state index is 0.316. The van der Waals surface area contributed by atoms with Gasteiger partial charge in [-0.2, -0.15) is 4.98 Å². The van der Waals surface area contributed by atoms with Crippen LogP contribution in [-0.2, 0) is 9.84 Å². The summed E-state index contributed by atoms with van der Waals surface area (Å²) in [6.45, 7) is 6.36. The van der Waals surface area contributed by atoms with Crippen LogP contribution in [0.25, 0.3) is 0 Å². The summed E-state index contributed by atoms with van der Waals surface area (Å²) in [5.74, 6) is 1.18. The summed E-state index contributed by atoms with van der Waals surface area (Å²) in [5.41, 5.74) is 2.28. The lowest BCUT2D eigenvalue weighted by Crippen LogP contribution is -2.06. The second-order valence-corrected chi connectivity index (χ2v) is 7.12. The van der Waals surface area contributed by atoms with E-state index in [0.717, 1.165) is 17.7 Å². The highest BCUT2D eigenvalue weighted by Crippen LogP contribution is 2.24. The van der Waals surface area contributed by atoms with Gasteiger partial charge in [0.2, 0.25) is 5.95 Å². The number of hydrogen-bond acceptors (Lipinski definition) is 6. The molecule has 0 radical (unpaired) electrons. The maximum absolute atomic E-state index is 11.8. The second kappa shape index (κ2) is 6.31. The van der Waals surface area contributed by atoms with E-state index in [-0.39, 0.29) is 0 Å². The lowest BCUT2D eigenvalue weighted by atomic mass is 10.2. The summed E-state index contributed by atoms with van der Waals surface area (Å²) in [6, 6.07) is 5.23. The lowest BCUT2D eigenvalue weighted by Gasteiger charge is -2.12. The Hall–Kier alpha value is -2.15. The molecule has 0 fully saturated rings. The Labute approximate surface area is 130 Å². The second-order valence-electron chi connectivity index (χ2n) is 5.13. The number of aryl methyl sites for hydroxylation is 2. The van der Waals surface area contributed by atoms with Crippen LogP contribution in [0.1, 0.15) is 18.1 Å².